The van der Waals surface area contributed by atoms with Gasteiger partial charge in [-0.2, -0.15) is 0 Å². The highest BCUT2D eigenvalue weighted by Crippen LogP contribution is 2.27. The topological polar surface area (TPSA) is 15.3 Å². The van der Waals surface area contributed by atoms with Crippen LogP contribution < -0.4 is 5.32 Å². The Hall–Kier alpha value is -0.860. The molecule has 2 heterocycles. The van der Waals surface area contributed by atoms with E-state index in [2.05, 4.69) is 41.5 Å². The Bertz CT molecular complexity index is 398. The summed E-state index contributed by atoms with van der Waals surface area (Å²) in [7, 11) is 2.23. The molecule has 0 radical (unpaired) electrons. The summed E-state index contributed by atoms with van der Waals surface area (Å²) >= 11 is 0. The zero-order chi connectivity index (χ0) is 13.8. The minimum absolute atomic E-state index is 0.706. The second kappa shape index (κ2) is 6.73. The van der Waals surface area contributed by atoms with Crippen LogP contribution >= 0.6 is 0 Å². The lowest BCUT2D eigenvalue weighted by Gasteiger charge is -2.29. The van der Waals surface area contributed by atoms with Crippen molar-refractivity contribution in [2.24, 2.45) is 0 Å². The van der Waals surface area contributed by atoms with Crippen LogP contribution in [0.15, 0.2) is 24.3 Å². The molecular formula is C18H28N2. The normalized spacial score (nSPS) is 25.8. The van der Waals surface area contributed by atoms with Crippen LogP contribution in [0.5, 0.6) is 0 Å². The molecule has 1 aromatic rings. The monoisotopic (exact) mass is 272 g/mol. The van der Waals surface area contributed by atoms with Crippen LogP contribution in [0.3, 0.4) is 0 Å². The molecule has 3 rings (SSSR count). The average Bonchev–Trinajstić information content (AvgIpc) is 2.50. The minimum atomic E-state index is 0.706. The first-order valence-corrected chi connectivity index (χ1v) is 8.32. The first-order valence-electron chi connectivity index (χ1n) is 8.32. The van der Waals surface area contributed by atoms with Crippen molar-refractivity contribution in [3.05, 3.63) is 35.4 Å². The summed E-state index contributed by atoms with van der Waals surface area (Å²) in [5, 5.41) is 3.64. The highest BCUT2D eigenvalue weighted by Gasteiger charge is 2.18. The van der Waals surface area contributed by atoms with Gasteiger partial charge >= 0.3 is 0 Å². The molecule has 2 aliphatic heterocycles. The van der Waals surface area contributed by atoms with Gasteiger partial charge in [-0.15, -0.1) is 0 Å². The van der Waals surface area contributed by atoms with Crippen molar-refractivity contribution in [3.63, 3.8) is 0 Å². The number of nitrogens with zero attached hydrogens (tertiary/aromatic N) is 1. The van der Waals surface area contributed by atoms with E-state index in [4.69, 9.17) is 0 Å². The smallest absolute Gasteiger partial charge is 0.0107 e. The number of rotatable bonds is 3. The van der Waals surface area contributed by atoms with Gasteiger partial charge < -0.3 is 10.2 Å². The Morgan fingerprint density at radius 3 is 2.45 bits per heavy atom. The van der Waals surface area contributed by atoms with E-state index in [9.17, 15) is 0 Å². The molecule has 1 unspecified atom stereocenters. The van der Waals surface area contributed by atoms with Gasteiger partial charge in [0.15, 0.2) is 0 Å². The molecule has 0 aliphatic carbocycles. The molecule has 2 fully saturated rings. The zero-order valence-electron chi connectivity index (χ0n) is 12.8. The lowest BCUT2D eigenvalue weighted by Crippen LogP contribution is -2.35. The van der Waals surface area contributed by atoms with E-state index < -0.39 is 0 Å². The predicted molar refractivity (Wildman–Crippen MR) is 85.3 cm³/mol. The van der Waals surface area contributed by atoms with Gasteiger partial charge in [0.05, 0.1) is 0 Å². The molecule has 20 heavy (non-hydrogen) atoms. The Morgan fingerprint density at radius 1 is 1.05 bits per heavy atom. The van der Waals surface area contributed by atoms with Crippen LogP contribution in [-0.2, 0) is 6.42 Å². The van der Waals surface area contributed by atoms with Gasteiger partial charge in [0, 0.05) is 6.04 Å². The SMILES string of the molecule is CN1CCC(c2ccc(CC3CCCCN3)cc2)CC1. The number of piperidine rings is 2. The molecular weight excluding hydrogens is 244 g/mol. The zero-order valence-corrected chi connectivity index (χ0v) is 12.8. The lowest BCUT2D eigenvalue weighted by atomic mass is 9.88. The van der Waals surface area contributed by atoms with E-state index in [1.54, 1.807) is 5.56 Å². The largest absolute Gasteiger partial charge is 0.314 e. The highest BCUT2D eigenvalue weighted by molar-refractivity contribution is 5.26. The van der Waals surface area contributed by atoms with E-state index in [0.717, 1.165) is 5.92 Å². The second-order valence-corrected chi connectivity index (χ2v) is 6.67. The van der Waals surface area contributed by atoms with Gasteiger partial charge in [0.1, 0.15) is 0 Å². The van der Waals surface area contributed by atoms with E-state index in [0.29, 0.717) is 6.04 Å². The maximum Gasteiger partial charge on any atom is 0.0107 e. The van der Waals surface area contributed by atoms with Crippen LogP contribution in [0.1, 0.15) is 49.1 Å². The van der Waals surface area contributed by atoms with Crippen LogP contribution in [0.25, 0.3) is 0 Å². The highest BCUT2D eigenvalue weighted by atomic mass is 15.1. The second-order valence-electron chi connectivity index (χ2n) is 6.67. The minimum Gasteiger partial charge on any atom is -0.314 e. The fourth-order valence-electron chi connectivity index (χ4n) is 3.65. The van der Waals surface area contributed by atoms with Crippen molar-refractivity contribution in [2.45, 2.75) is 50.5 Å². The van der Waals surface area contributed by atoms with Crippen molar-refractivity contribution >= 4 is 0 Å². The van der Waals surface area contributed by atoms with E-state index >= 15 is 0 Å². The molecule has 0 saturated carbocycles. The first kappa shape index (κ1) is 14.1. The molecule has 0 amide bonds. The first-order chi connectivity index (χ1) is 9.81. The molecule has 110 valence electrons. The van der Waals surface area contributed by atoms with Gasteiger partial charge in [0.2, 0.25) is 0 Å². The number of hydrogen-bond donors (Lipinski definition) is 1. The van der Waals surface area contributed by atoms with E-state index in [-0.39, 0.29) is 0 Å². The third-order valence-electron chi connectivity index (χ3n) is 5.06. The fourth-order valence-corrected chi connectivity index (χ4v) is 3.65. The summed E-state index contributed by atoms with van der Waals surface area (Å²) in [6.07, 6.45) is 7.93. The van der Waals surface area contributed by atoms with E-state index in [1.165, 1.54) is 63.7 Å². The number of likely N-dealkylation sites (tertiary alicyclic amines) is 1. The van der Waals surface area contributed by atoms with Gasteiger partial charge in [0.25, 0.3) is 0 Å². The van der Waals surface area contributed by atoms with Crippen LogP contribution in [-0.4, -0.2) is 37.6 Å². The average molecular weight is 272 g/mol. The summed E-state index contributed by atoms with van der Waals surface area (Å²) in [5.41, 5.74) is 3.06. The van der Waals surface area contributed by atoms with Crippen molar-refractivity contribution in [2.75, 3.05) is 26.7 Å². The van der Waals surface area contributed by atoms with Gasteiger partial charge in [-0.05, 0) is 75.8 Å². The molecule has 2 heteroatoms. The van der Waals surface area contributed by atoms with Crippen molar-refractivity contribution in [1.29, 1.82) is 0 Å². The Balaban J connectivity index is 1.56. The molecule has 0 spiro atoms. The Labute approximate surface area is 123 Å². The summed E-state index contributed by atoms with van der Waals surface area (Å²) < 4.78 is 0. The van der Waals surface area contributed by atoms with Crippen LogP contribution in [0.2, 0.25) is 0 Å². The van der Waals surface area contributed by atoms with Crippen molar-refractivity contribution in [3.8, 4) is 0 Å². The molecule has 0 bridgehead atoms. The maximum atomic E-state index is 3.64. The summed E-state index contributed by atoms with van der Waals surface area (Å²) in [4.78, 5) is 2.44. The van der Waals surface area contributed by atoms with Crippen LogP contribution in [0.4, 0.5) is 0 Å². The summed E-state index contributed by atoms with van der Waals surface area (Å²) in [6, 6.07) is 10.2. The number of hydrogen-bond acceptors (Lipinski definition) is 2. The van der Waals surface area contributed by atoms with Gasteiger partial charge in [-0.25, -0.2) is 0 Å². The number of nitrogens with one attached hydrogen (secondary N) is 1. The van der Waals surface area contributed by atoms with Gasteiger partial charge in [-0.1, -0.05) is 30.7 Å². The molecule has 2 nitrogen and oxygen atoms in total. The lowest BCUT2D eigenvalue weighted by molar-refractivity contribution is 0.255. The molecule has 1 aromatic carbocycles. The standard InChI is InChI=1S/C18H28N2/c1-20-12-9-17(10-13-20)16-7-5-15(6-8-16)14-18-4-2-3-11-19-18/h5-8,17-19H,2-4,9-14H2,1H3. The van der Waals surface area contributed by atoms with Crippen molar-refractivity contribution in [1.82, 2.24) is 10.2 Å². The van der Waals surface area contributed by atoms with Gasteiger partial charge in [-0.3, -0.25) is 0 Å². The maximum absolute atomic E-state index is 3.64. The molecule has 0 aromatic heterocycles. The summed E-state index contributed by atoms with van der Waals surface area (Å²) in [6.45, 7) is 3.70. The third kappa shape index (κ3) is 3.62. The van der Waals surface area contributed by atoms with E-state index in [1.807, 2.05) is 0 Å². The number of benzene rings is 1. The molecule has 1 N–H and O–H groups in total. The Morgan fingerprint density at radius 2 is 1.80 bits per heavy atom. The quantitative estimate of drug-likeness (QED) is 0.909. The predicted octanol–water partition coefficient (Wildman–Crippen LogP) is 3.18. The molecule has 2 saturated heterocycles. The van der Waals surface area contributed by atoms with Crippen LogP contribution in [0, 0.1) is 0 Å². The fraction of sp³-hybridized carbons (Fsp3) is 0.667. The third-order valence-corrected chi connectivity index (χ3v) is 5.06. The summed E-state index contributed by atoms with van der Waals surface area (Å²) in [5.74, 6) is 0.785. The van der Waals surface area contributed by atoms with Crippen molar-refractivity contribution < 1.29 is 0 Å². The Kier molecular flexibility index (Phi) is 4.74. The molecule has 2 aliphatic rings. The molecule has 1 atom stereocenters.